The molecule has 0 radical (unpaired) electrons. The van der Waals surface area contributed by atoms with Crippen LogP contribution in [0.2, 0.25) is 5.02 Å². The smallest absolute Gasteiger partial charge is 0.255 e. The zero-order valence-electron chi connectivity index (χ0n) is 22.4. The first-order valence-electron chi connectivity index (χ1n) is 13.9. The Bertz CT molecular complexity index is 1520. The van der Waals surface area contributed by atoms with Gasteiger partial charge in [-0.3, -0.25) is 29.5 Å². The third-order valence-corrected chi connectivity index (χ3v) is 8.36. The van der Waals surface area contributed by atoms with E-state index in [9.17, 15) is 19.2 Å². The van der Waals surface area contributed by atoms with Crippen molar-refractivity contribution in [1.82, 2.24) is 15.2 Å². The van der Waals surface area contributed by atoms with Crippen molar-refractivity contribution in [1.29, 1.82) is 0 Å². The summed E-state index contributed by atoms with van der Waals surface area (Å²) in [6.07, 6.45) is 4.66. The first kappa shape index (κ1) is 27.0. The molecule has 2 saturated heterocycles. The highest BCUT2D eigenvalue weighted by Gasteiger charge is 2.39. The second kappa shape index (κ2) is 11.3. The Balaban J connectivity index is 1.00. The number of piperidine rings is 2. The van der Waals surface area contributed by atoms with Crippen LogP contribution in [0.5, 0.6) is 0 Å². The van der Waals surface area contributed by atoms with Crippen molar-refractivity contribution < 1.29 is 19.2 Å². The maximum absolute atomic E-state index is 12.9. The van der Waals surface area contributed by atoms with E-state index in [0.717, 1.165) is 48.4 Å². The monoisotopic (exact) mass is 571 g/mol. The molecule has 0 spiro atoms. The predicted molar refractivity (Wildman–Crippen MR) is 155 cm³/mol. The van der Waals surface area contributed by atoms with Crippen molar-refractivity contribution in [2.45, 2.75) is 44.7 Å². The Morgan fingerprint density at radius 3 is 2.59 bits per heavy atom. The number of rotatable bonds is 6. The largest absolute Gasteiger partial charge is 0.370 e. The standard InChI is InChI=1S/C31H30ClN5O4/c32-22-3-1-2-20(15-22)26-7-5-24(17-33-26)36-12-10-19(11-13-36)14-29(39)34-23-4-6-25-21(16-23)18-37(31(25)41)27-8-9-28(38)35-30(27)40/h1-7,15-17,19,27H,8-14,18H2,(H,34,39)(H,35,38,40). The van der Waals surface area contributed by atoms with Crippen molar-refractivity contribution in [2.24, 2.45) is 5.92 Å². The van der Waals surface area contributed by atoms with Gasteiger partial charge in [0.15, 0.2) is 0 Å². The van der Waals surface area contributed by atoms with Crippen LogP contribution in [0, 0.1) is 5.92 Å². The first-order valence-corrected chi connectivity index (χ1v) is 14.3. The van der Waals surface area contributed by atoms with Gasteiger partial charge in [-0.2, -0.15) is 0 Å². The van der Waals surface area contributed by atoms with Crippen molar-refractivity contribution in [3.63, 3.8) is 0 Å². The number of benzene rings is 2. The van der Waals surface area contributed by atoms with Gasteiger partial charge in [0.05, 0.1) is 17.6 Å². The second-order valence-electron chi connectivity index (χ2n) is 10.9. The molecule has 3 aliphatic rings. The molecule has 4 amide bonds. The average Bonchev–Trinajstić information content (AvgIpc) is 3.28. The highest BCUT2D eigenvalue weighted by atomic mass is 35.5. The normalized spacial score (nSPS) is 19.2. The first-order chi connectivity index (χ1) is 19.8. The van der Waals surface area contributed by atoms with E-state index >= 15 is 0 Å². The van der Waals surface area contributed by atoms with Gasteiger partial charge in [-0.1, -0.05) is 23.7 Å². The Kier molecular flexibility index (Phi) is 7.45. The summed E-state index contributed by atoms with van der Waals surface area (Å²) >= 11 is 6.11. The van der Waals surface area contributed by atoms with Gasteiger partial charge < -0.3 is 15.1 Å². The number of fused-ring (bicyclic) bond motifs is 1. The van der Waals surface area contributed by atoms with Gasteiger partial charge in [0.2, 0.25) is 17.7 Å². The van der Waals surface area contributed by atoms with Gasteiger partial charge in [-0.05, 0) is 73.2 Å². The molecule has 0 bridgehead atoms. The number of hydrogen-bond donors (Lipinski definition) is 2. The second-order valence-corrected chi connectivity index (χ2v) is 11.3. The molecule has 10 heteroatoms. The zero-order valence-corrected chi connectivity index (χ0v) is 23.2. The molecule has 3 aromatic rings. The number of nitrogens with one attached hydrogen (secondary N) is 2. The van der Waals surface area contributed by atoms with E-state index in [1.165, 1.54) is 4.90 Å². The number of nitrogens with zero attached hydrogens (tertiary/aromatic N) is 3. The number of halogens is 1. The van der Waals surface area contributed by atoms with Gasteiger partial charge >= 0.3 is 0 Å². The third kappa shape index (κ3) is 5.81. The minimum Gasteiger partial charge on any atom is -0.370 e. The summed E-state index contributed by atoms with van der Waals surface area (Å²) in [5, 5.41) is 5.98. The van der Waals surface area contributed by atoms with Crippen LogP contribution < -0.4 is 15.5 Å². The zero-order chi connectivity index (χ0) is 28.5. The maximum atomic E-state index is 12.9. The average molecular weight is 572 g/mol. The molecular weight excluding hydrogens is 542 g/mol. The predicted octanol–water partition coefficient (Wildman–Crippen LogP) is 4.41. The van der Waals surface area contributed by atoms with Crippen molar-refractivity contribution in [2.75, 3.05) is 23.3 Å². The number of hydrogen-bond acceptors (Lipinski definition) is 6. The SMILES string of the molecule is O=C1CCC(N2Cc3cc(NC(=O)CC4CCN(c5ccc(-c6cccc(Cl)c6)nc5)CC4)ccc3C2=O)C(=O)N1. The molecular formula is C31H30ClN5O4. The molecule has 2 N–H and O–H groups in total. The maximum Gasteiger partial charge on any atom is 0.255 e. The molecule has 2 aromatic carbocycles. The van der Waals surface area contributed by atoms with Gasteiger partial charge in [0, 0.05) is 54.3 Å². The van der Waals surface area contributed by atoms with Crippen LogP contribution in [0.4, 0.5) is 11.4 Å². The van der Waals surface area contributed by atoms with Crippen molar-refractivity contribution in [3.05, 3.63) is 76.9 Å². The van der Waals surface area contributed by atoms with E-state index in [1.54, 1.807) is 18.2 Å². The minimum atomic E-state index is -0.659. The lowest BCUT2D eigenvalue weighted by molar-refractivity contribution is -0.137. The number of carbonyl (C=O) groups is 4. The molecule has 1 unspecified atom stereocenters. The summed E-state index contributed by atoms with van der Waals surface area (Å²) < 4.78 is 0. The van der Waals surface area contributed by atoms with Gasteiger partial charge in [-0.15, -0.1) is 0 Å². The van der Waals surface area contributed by atoms with Gasteiger partial charge in [0.1, 0.15) is 6.04 Å². The van der Waals surface area contributed by atoms with Crippen molar-refractivity contribution >= 4 is 46.6 Å². The van der Waals surface area contributed by atoms with Crippen molar-refractivity contribution in [3.8, 4) is 11.3 Å². The number of pyridine rings is 1. The van der Waals surface area contributed by atoms with Gasteiger partial charge in [0.25, 0.3) is 5.91 Å². The summed E-state index contributed by atoms with van der Waals surface area (Å²) in [5.74, 6) is -0.751. The fourth-order valence-electron chi connectivity index (χ4n) is 5.91. The van der Waals surface area contributed by atoms with Crippen LogP contribution in [0.1, 0.15) is 48.0 Å². The molecule has 1 aromatic heterocycles. The van der Waals surface area contributed by atoms with Gasteiger partial charge in [-0.25, -0.2) is 0 Å². The Morgan fingerprint density at radius 1 is 1.02 bits per heavy atom. The third-order valence-electron chi connectivity index (χ3n) is 8.13. The molecule has 1 atom stereocenters. The molecule has 210 valence electrons. The van der Waals surface area contributed by atoms with E-state index in [-0.39, 0.29) is 36.6 Å². The Labute approximate surface area is 242 Å². The summed E-state index contributed by atoms with van der Waals surface area (Å²) in [4.78, 5) is 58.0. The van der Waals surface area contributed by atoms with Crippen LogP contribution in [-0.4, -0.2) is 52.6 Å². The fourth-order valence-corrected chi connectivity index (χ4v) is 6.10. The van der Waals surface area contributed by atoms with E-state index in [4.69, 9.17) is 11.6 Å². The fraction of sp³-hybridized carbons (Fsp3) is 0.323. The molecule has 0 aliphatic carbocycles. The molecule has 2 fully saturated rings. The van der Waals surface area contributed by atoms with E-state index in [1.807, 2.05) is 36.5 Å². The van der Waals surface area contributed by atoms with Crippen LogP contribution in [0.15, 0.2) is 60.8 Å². The number of aromatic nitrogens is 1. The number of amides is 4. The minimum absolute atomic E-state index is 0.0534. The van der Waals surface area contributed by atoms with Crippen LogP contribution in [0.25, 0.3) is 11.3 Å². The highest BCUT2D eigenvalue weighted by molar-refractivity contribution is 6.30. The summed E-state index contributed by atoms with van der Waals surface area (Å²) in [7, 11) is 0. The molecule has 4 heterocycles. The van der Waals surface area contributed by atoms with Crippen LogP contribution >= 0.6 is 11.6 Å². The topological polar surface area (TPSA) is 112 Å². The molecule has 41 heavy (non-hydrogen) atoms. The lowest BCUT2D eigenvalue weighted by Gasteiger charge is -2.33. The molecule has 9 nitrogen and oxygen atoms in total. The number of carbonyl (C=O) groups excluding carboxylic acids is 4. The Hall–Kier alpha value is -4.24. The van der Waals surface area contributed by atoms with E-state index in [0.29, 0.717) is 29.1 Å². The quantitative estimate of drug-likeness (QED) is 0.424. The number of anilines is 2. The van der Waals surface area contributed by atoms with Crippen LogP contribution in [0.3, 0.4) is 0 Å². The highest BCUT2D eigenvalue weighted by Crippen LogP contribution is 2.31. The van der Waals surface area contributed by atoms with Crippen LogP contribution in [-0.2, 0) is 20.9 Å². The number of imide groups is 1. The molecule has 3 aliphatic heterocycles. The lowest BCUT2D eigenvalue weighted by Crippen LogP contribution is -2.52. The molecule has 0 saturated carbocycles. The summed E-state index contributed by atoms with van der Waals surface area (Å²) in [5.41, 5.74) is 4.85. The summed E-state index contributed by atoms with van der Waals surface area (Å²) in [6, 6.07) is 16.3. The summed E-state index contributed by atoms with van der Waals surface area (Å²) in [6.45, 7) is 1.98. The van der Waals surface area contributed by atoms with E-state index < -0.39 is 11.9 Å². The lowest BCUT2D eigenvalue weighted by atomic mass is 9.93. The Morgan fingerprint density at radius 2 is 1.85 bits per heavy atom. The molecule has 6 rings (SSSR count). The van der Waals surface area contributed by atoms with E-state index in [2.05, 4.69) is 26.6 Å².